The first-order chi connectivity index (χ1) is 7.48. The summed E-state index contributed by atoms with van der Waals surface area (Å²) in [4.78, 5) is 0. The molecule has 1 aromatic heterocycles. The van der Waals surface area contributed by atoms with Crippen molar-refractivity contribution in [2.75, 3.05) is 0 Å². The summed E-state index contributed by atoms with van der Waals surface area (Å²) in [7, 11) is 1.52. The second kappa shape index (κ2) is 4.33. The van der Waals surface area contributed by atoms with Crippen LogP contribution in [0.25, 0.3) is 0 Å². The minimum Gasteiger partial charge on any atom is -0.250 e. The average molecular weight is 267 g/mol. The van der Waals surface area contributed by atoms with Crippen LogP contribution in [0.2, 0.25) is 0 Å². The summed E-state index contributed by atoms with van der Waals surface area (Å²) in [6.45, 7) is 0. The fourth-order valence-corrected chi connectivity index (χ4v) is 3.06. The van der Waals surface area contributed by atoms with Gasteiger partial charge in [0.1, 0.15) is 6.17 Å². The molecular weight excluding hydrogens is 255 g/mol. The van der Waals surface area contributed by atoms with Gasteiger partial charge in [0.2, 0.25) is 0 Å². The van der Waals surface area contributed by atoms with Gasteiger partial charge in [-0.1, -0.05) is 0 Å². The molecule has 1 fully saturated rings. The smallest absolute Gasteiger partial charge is 0.250 e. The molecule has 0 N–H and O–H groups in total. The summed E-state index contributed by atoms with van der Waals surface area (Å²) in [6.07, 6.45) is 2.72. The number of aromatic nitrogens is 2. The second-order valence-corrected chi connectivity index (χ2v) is 6.47. The molecule has 16 heavy (non-hydrogen) atoms. The molecular formula is C9H12ClFN2O2S. The number of rotatable bonds is 2. The standard InChI is InChI=1S/C9H12ClFN2O2S/c10-16(14,15)9-5-6-12-13(9)8-3-1-7(11)2-4-8/h5-8H,1-4H2. The normalized spacial score (nSPS) is 26.9. The van der Waals surface area contributed by atoms with Gasteiger partial charge in [-0.25, -0.2) is 17.5 Å². The van der Waals surface area contributed by atoms with E-state index in [1.807, 2.05) is 0 Å². The Labute approximate surface area is 97.8 Å². The maximum absolute atomic E-state index is 13.0. The van der Waals surface area contributed by atoms with E-state index in [9.17, 15) is 12.8 Å². The van der Waals surface area contributed by atoms with Crippen molar-refractivity contribution in [3.8, 4) is 0 Å². The third-order valence-corrected chi connectivity index (χ3v) is 4.15. The maximum atomic E-state index is 13.0. The van der Waals surface area contributed by atoms with Crippen molar-refractivity contribution >= 4 is 19.7 Å². The van der Waals surface area contributed by atoms with Gasteiger partial charge in [0.05, 0.1) is 12.2 Å². The number of alkyl halides is 1. The molecule has 1 aliphatic rings. The van der Waals surface area contributed by atoms with Crippen LogP contribution >= 0.6 is 10.7 Å². The van der Waals surface area contributed by atoms with Crippen LogP contribution in [-0.2, 0) is 9.05 Å². The zero-order valence-electron chi connectivity index (χ0n) is 8.51. The van der Waals surface area contributed by atoms with Crippen molar-refractivity contribution in [3.05, 3.63) is 12.3 Å². The highest BCUT2D eigenvalue weighted by Crippen LogP contribution is 2.31. The second-order valence-electron chi connectivity index (χ2n) is 3.96. The molecule has 4 nitrogen and oxygen atoms in total. The van der Waals surface area contributed by atoms with Crippen LogP contribution in [0.15, 0.2) is 17.3 Å². The first-order valence-corrected chi connectivity index (χ1v) is 7.41. The number of nitrogens with zero attached hydrogens (tertiary/aromatic N) is 2. The van der Waals surface area contributed by atoms with Crippen LogP contribution in [-0.4, -0.2) is 24.4 Å². The molecule has 1 aliphatic carbocycles. The summed E-state index contributed by atoms with van der Waals surface area (Å²) in [6, 6.07) is 1.30. The quantitative estimate of drug-likeness (QED) is 0.772. The molecule has 0 amide bonds. The van der Waals surface area contributed by atoms with Gasteiger partial charge in [-0.15, -0.1) is 0 Å². The SMILES string of the molecule is O=S(=O)(Cl)c1ccnn1C1CCC(F)CC1. The highest BCUT2D eigenvalue weighted by atomic mass is 35.7. The molecule has 2 rings (SSSR count). The Balaban J connectivity index is 2.25. The van der Waals surface area contributed by atoms with E-state index in [1.165, 1.54) is 16.9 Å². The Bertz CT molecular complexity index is 466. The number of halogens is 2. The van der Waals surface area contributed by atoms with Gasteiger partial charge in [-0.2, -0.15) is 5.10 Å². The molecule has 0 radical (unpaired) electrons. The summed E-state index contributed by atoms with van der Waals surface area (Å²) < 4.78 is 36.9. The molecule has 0 spiro atoms. The van der Waals surface area contributed by atoms with Crippen molar-refractivity contribution in [1.82, 2.24) is 9.78 Å². The van der Waals surface area contributed by atoms with Gasteiger partial charge in [0, 0.05) is 10.7 Å². The van der Waals surface area contributed by atoms with E-state index in [0.29, 0.717) is 25.7 Å². The lowest BCUT2D eigenvalue weighted by Gasteiger charge is -2.25. The van der Waals surface area contributed by atoms with E-state index in [2.05, 4.69) is 5.10 Å². The van der Waals surface area contributed by atoms with E-state index in [4.69, 9.17) is 10.7 Å². The monoisotopic (exact) mass is 266 g/mol. The average Bonchev–Trinajstić information content (AvgIpc) is 2.66. The minimum atomic E-state index is -3.77. The molecule has 1 aromatic rings. The highest BCUT2D eigenvalue weighted by Gasteiger charge is 2.26. The molecule has 1 heterocycles. The summed E-state index contributed by atoms with van der Waals surface area (Å²) in [5, 5.41) is 3.96. The third kappa shape index (κ3) is 2.38. The van der Waals surface area contributed by atoms with E-state index < -0.39 is 15.2 Å². The van der Waals surface area contributed by atoms with Crippen molar-refractivity contribution in [1.29, 1.82) is 0 Å². The first kappa shape index (κ1) is 11.9. The zero-order chi connectivity index (χ0) is 11.8. The van der Waals surface area contributed by atoms with E-state index in [1.54, 1.807) is 0 Å². The molecule has 7 heteroatoms. The van der Waals surface area contributed by atoms with Crippen molar-refractivity contribution in [3.63, 3.8) is 0 Å². The van der Waals surface area contributed by atoms with Gasteiger partial charge in [0.25, 0.3) is 9.05 Å². The van der Waals surface area contributed by atoms with Crippen molar-refractivity contribution in [2.45, 2.75) is 42.9 Å². The van der Waals surface area contributed by atoms with Crippen molar-refractivity contribution < 1.29 is 12.8 Å². The van der Waals surface area contributed by atoms with Gasteiger partial charge in [-0.05, 0) is 31.7 Å². The Hall–Kier alpha value is -0.620. The fourth-order valence-electron chi connectivity index (χ4n) is 2.05. The van der Waals surface area contributed by atoms with E-state index in [-0.39, 0.29) is 11.1 Å². The summed E-state index contributed by atoms with van der Waals surface area (Å²) >= 11 is 0. The Morgan fingerprint density at radius 3 is 2.56 bits per heavy atom. The topological polar surface area (TPSA) is 52.0 Å². The predicted octanol–water partition coefficient (Wildman–Crippen LogP) is 2.26. The zero-order valence-corrected chi connectivity index (χ0v) is 10.1. The van der Waals surface area contributed by atoms with Crippen LogP contribution in [0.4, 0.5) is 4.39 Å². The molecule has 0 atom stereocenters. The molecule has 0 aliphatic heterocycles. The van der Waals surface area contributed by atoms with Gasteiger partial charge in [0.15, 0.2) is 5.03 Å². The van der Waals surface area contributed by atoms with E-state index in [0.717, 1.165) is 0 Å². The van der Waals surface area contributed by atoms with Crippen molar-refractivity contribution in [2.24, 2.45) is 0 Å². The molecule has 0 unspecified atom stereocenters. The number of hydrogen-bond acceptors (Lipinski definition) is 3. The fraction of sp³-hybridized carbons (Fsp3) is 0.667. The van der Waals surface area contributed by atoms with Crippen LogP contribution in [0.1, 0.15) is 31.7 Å². The Morgan fingerprint density at radius 1 is 1.38 bits per heavy atom. The van der Waals surface area contributed by atoms with Crippen LogP contribution in [0, 0.1) is 0 Å². The maximum Gasteiger partial charge on any atom is 0.278 e. The molecule has 0 bridgehead atoms. The lowest BCUT2D eigenvalue weighted by atomic mass is 9.94. The Kier molecular flexibility index (Phi) is 3.21. The predicted molar refractivity (Wildman–Crippen MR) is 57.7 cm³/mol. The molecule has 0 saturated heterocycles. The van der Waals surface area contributed by atoms with Gasteiger partial charge in [-0.3, -0.25) is 0 Å². The first-order valence-electron chi connectivity index (χ1n) is 5.10. The largest absolute Gasteiger partial charge is 0.278 e. The molecule has 90 valence electrons. The minimum absolute atomic E-state index is 0.00326. The van der Waals surface area contributed by atoms with Crippen LogP contribution < -0.4 is 0 Å². The van der Waals surface area contributed by atoms with Crippen LogP contribution in [0.5, 0.6) is 0 Å². The molecule has 1 saturated carbocycles. The van der Waals surface area contributed by atoms with Crippen LogP contribution in [0.3, 0.4) is 0 Å². The third-order valence-electron chi connectivity index (χ3n) is 2.86. The number of hydrogen-bond donors (Lipinski definition) is 0. The lowest BCUT2D eigenvalue weighted by molar-refractivity contribution is 0.196. The van der Waals surface area contributed by atoms with Gasteiger partial charge >= 0.3 is 0 Å². The molecule has 0 aromatic carbocycles. The Morgan fingerprint density at radius 2 is 2.00 bits per heavy atom. The lowest BCUT2D eigenvalue weighted by Crippen LogP contribution is -2.21. The van der Waals surface area contributed by atoms with Gasteiger partial charge < -0.3 is 0 Å². The summed E-state index contributed by atoms with van der Waals surface area (Å²) in [5.41, 5.74) is 0. The van der Waals surface area contributed by atoms with E-state index >= 15 is 0 Å². The highest BCUT2D eigenvalue weighted by molar-refractivity contribution is 8.13. The summed E-state index contributed by atoms with van der Waals surface area (Å²) in [5.74, 6) is 0.